The summed E-state index contributed by atoms with van der Waals surface area (Å²) >= 11 is 0. The Morgan fingerprint density at radius 3 is 2.92 bits per heavy atom. The highest BCUT2D eigenvalue weighted by molar-refractivity contribution is 5.65. The molecule has 1 N–H and O–H groups in total. The fourth-order valence-electron chi connectivity index (χ4n) is 2.94. The summed E-state index contributed by atoms with van der Waals surface area (Å²) in [7, 11) is 0. The molecule has 0 unspecified atom stereocenters. The summed E-state index contributed by atoms with van der Waals surface area (Å²) in [4.78, 5) is 11.1. The Bertz CT molecular complexity index is 821. The van der Waals surface area contributed by atoms with Crippen LogP contribution in [0.15, 0.2) is 54.9 Å². The van der Waals surface area contributed by atoms with E-state index < -0.39 is 0 Å². The largest absolute Gasteiger partial charge is 0.347 e. The van der Waals surface area contributed by atoms with Crippen molar-refractivity contribution in [1.82, 2.24) is 20.2 Å². The van der Waals surface area contributed by atoms with Gasteiger partial charge in [-0.1, -0.05) is 24.3 Å². The van der Waals surface area contributed by atoms with Crippen molar-refractivity contribution >= 4 is 17.5 Å². The van der Waals surface area contributed by atoms with Crippen LogP contribution in [0.5, 0.6) is 0 Å². The van der Waals surface area contributed by atoms with Crippen LogP contribution in [0, 0.1) is 0 Å². The van der Waals surface area contributed by atoms with E-state index in [0.29, 0.717) is 12.5 Å². The van der Waals surface area contributed by atoms with Crippen molar-refractivity contribution in [2.45, 2.75) is 19.4 Å². The predicted octanol–water partition coefficient (Wildman–Crippen LogP) is 2.96. The van der Waals surface area contributed by atoms with Gasteiger partial charge in [0, 0.05) is 18.4 Å². The summed E-state index contributed by atoms with van der Waals surface area (Å²) in [6, 6.07) is 14.3. The lowest BCUT2D eigenvalue weighted by Gasteiger charge is -2.30. The highest BCUT2D eigenvalue weighted by Gasteiger charge is 2.19. The van der Waals surface area contributed by atoms with Gasteiger partial charge in [-0.3, -0.25) is 4.98 Å². The van der Waals surface area contributed by atoms with Gasteiger partial charge < -0.3 is 10.2 Å². The van der Waals surface area contributed by atoms with Crippen LogP contribution in [0.25, 0.3) is 0 Å². The van der Waals surface area contributed by atoms with Crippen molar-refractivity contribution in [3.05, 3.63) is 66.1 Å². The van der Waals surface area contributed by atoms with Crippen molar-refractivity contribution in [3.8, 4) is 0 Å². The molecule has 0 bridgehead atoms. The Morgan fingerprint density at radius 2 is 2.00 bits per heavy atom. The van der Waals surface area contributed by atoms with Crippen LogP contribution in [-0.4, -0.2) is 26.7 Å². The summed E-state index contributed by atoms with van der Waals surface area (Å²) in [6.45, 7) is 1.51. The number of hydrogen-bond donors (Lipinski definition) is 1. The van der Waals surface area contributed by atoms with Crippen molar-refractivity contribution in [1.29, 1.82) is 0 Å². The van der Waals surface area contributed by atoms with Crippen molar-refractivity contribution in [3.63, 3.8) is 0 Å². The Hall–Kier alpha value is -3.02. The molecule has 2 aromatic heterocycles. The molecule has 3 aromatic rings. The molecule has 0 saturated heterocycles. The van der Waals surface area contributed by atoms with Crippen LogP contribution in [0.3, 0.4) is 0 Å². The number of nitrogens with one attached hydrogen (secondary N) is 1. The lowest BCUT2D eigenvalue weighted by molar-refractivity contribution is 0.753. The zero-order chi connectivity index (χ0) is 16.2. The third-order valence-corrected chi connectivity index (χ3v) is 4.09. The van der Waals surface area contributed by atoms with E-state index in [1.807, 2.05) is 18.2 Å². The molecule has 1 aliphatic rings. The Balaban J connectivity index is 1.55. The van der Waals surface area contributed by atoms with E-state index in [2.05, 4.69) is 54.6 Å². The van der Waals surface area contributed by atoms with E-state index >= 15 is 0 Å². The van der Waals surface area contributed by atoms with Crippen LogP contribution in [0.4, 0.5) is 17.5 Å². The number of rotatable bonds is 4. The van der Waals surface area contributed by atoms with E-state index in [9.17, 15) is 0 Å². The minimum absolute atomic E-state index is 0.515. The van der Waals surface area contributed by atoms with Gasteiger partial charge in [-0.05, 0) is 36.6 Å². The average Bonchev–Trinajstić information content (AvgIpc) is 2.67. The van der Waals surface area contributed by atoms with E-state index in [1.165, 1.54) is 11.3 Å². The number of benzene rings is 1. The fraction of sp³-hybridized carbons (Fsp3) is 0.222. The number of aromatic nitrogens is 4. The molecule has 1 aliphatic heterocycles. The molecule has 4 rings (SSSR count). The van der Waals surface area contributed by atoms with Crippen molar-refractivity contribution in [2.24, 2.45) is 0 Å². The van der Waals surface area contributed by atoms with Crippen molar-refractivity contribution in [2.75, 3.05) is 16.8 Å². The SMILES string of the molecule is c1ccc(CNc2nncc(N3CCCc4ccccc43)n2)nc1. The zero-order valence-corrected chi connectivity index (χ0v) is 13.3. The molecular weight excluding hydrogens is 300 g/mol. The molecule has 6 nitrogen and oxygen atoms in total. The van der Waals surface area contributed by atoms with Gasteiger partial charge in [0.05, 0.1) is 18.4 Å². The van der Waals surface area contributed by atoms with Gasteiger partial charge in [0.2, 0.25) is 5.95 Å². The van der Waals surface area contributed by atoms with Crippen molar-refractivity contribution < 1.29 is 0 Å². The molecular formula is C18H18N6. The molecule has 0 atom stereocenters. The van der Waals surface area contributed by atoms with Gasteiger partial charge in [0.25, 0.3) is 0 Å². The smallest absolute Gasteiger partial charge is 0.245 e. The monoisotopic (exact) mass is 318 g/mol. The van der Waals surface area contributed by atoms with Crippen LogP contribution in [0.1, 0.15) is 17.7 Å². The Labute approximate surface area is 140 Å². The second kappa shape index (κ2) is 6.62. The molecule has 0 aliphatic carbocycles. The first-order valence-corrected chi connectivity index (χ1v) is 8.09. The summed E-state index contributed by atoms with van der Waals surface area (Å²) in [5.41, 5.74) is 3.50. The highest BCUT2D eigenvalue weighted by atomic mass is 15.3. The second-order valence-corrected chi connectivity index (χ2v) is 5.70. The fourth-order valence-corrected chi connectivity index (χ4v) is 2.94. The van der Waals surface area contributed by atoms with Gasteiger partial charge >= 0.3 is 0 Å². The summed E-state index contributed by atoms with van der Waals surface area (Å²) in [5, 5.41) is 11.4. The summed E-state index contributed by atoms with van der Waals surface area (Å²) in [5.74, 6) is 1.34. The third-order valence-electron chi connectivity index (χ3n) is 4.09. The van der Waals surface area contributed by atoms with Gasteiger partial charge in [0.1, 0.15) is 0 Å². The lowest BCUT2D eigenvalue weighted by atomic mass is 10.0. The maximum absolute atomic E-state index is 4.62. The number of pyridine rings is 1. The van der Waals surface area contributed by atoms with Gasteiger partial charge in [-0.25, -0.2) is 0 Å². The number of hydrogen-bond acceptors (Lipinski definition) is 6. The number of fused-ring (bicyclic) bond motifs is 1. The van der Waals surface area contributed by atoms with Crippen LogP contribution in [0.2, 0.25) is 0 Å². The topological polar surface area (TPSA) is 66.8 Å². The molecule has 0 amide bonds. The van der Waals surface area contributed by atoms with E-state index in [-0.39, 0.29) is 0 Å². The Morgan fingerprint density at radius 1 is 1.08 bits per heavy atom. The van der Waals surface area contributed by atoms with E-state index in [4.69, 9.17) is 0 Å². The first-order valence-electron chi connectivity index (χ1n) is 8.09. The number of para-hydroxylation sites is 1. The lowest BCUT2D eigenvalue weighted by Crippen LogP contribution is -2.25. The number of nitrogens with zero attached hydrogens (tertiary/aromatic N) is 5. The first-order chi connectivity index (χ1) is 11.9. The minimum Gasteiger partial charge on any atom is -0.347 e. The predicted molar refractivity (Wildman–Crippen MR) is 93.2 cm³/mol. The minimum atomic E-state index is 0.515. The molecule has 0 saturated carbocycles. The molecule has 24 heavy (non-hydrogen) atoms. The standard InChI is InChI=1S/C18H18N6/c1-2-9-16-14(6-1)7-5-11-24(16)17-13-21-23-18(22-17)20-12-15-8-3-4-10-19-15/h1-4,6,8-10,13H,5,7,11-12H2,(H,20,22,23). The quantitative estimate of drug-likeness (QED) is 0.798. The first kappa shape index (κ1) is 14.6. The molecule has 6 heteroatoms. The summed E-state index contributed by atoms with van der Waals surface area (Å²) < 4.78 is 0. The second-order valence-electron chi connectivity index (χ2n) is 5.70. The third kappa shape index (κ3) is 3.03. The zero-order valence-electron chi connectivity index (χ0n) is 13.3. The maximum atomic E-state index is 4.62. The van der Waals surface area contributed by atoms with Crippen LogP contribution < -0.4 is 10.2 Å². The van der Waals surface area contributed by atoms with E-state index in [0.717, 1.165) is 30.9 Å². The molecule has 120 valence electrons. The van der Waals surface area contributed by atoms with Gasteiger partial charge in [0.15, 0.2) is 5.82 Å². The average molecular weight is 318 g/mol. The van der Waals surface area contributed by atoms with Crippen LogP contribution >= 0.6 is 0 Å². The number of aryl methyl sites for hydroxylation is 1. The molecule has 0 fully saturated rings. The normalized spacial score (nSPS) is 13.4. The highest BCUT2D eigenvalue weighted by Crippen LogP contribution is 2.31. The number of anilines is 3. The Kier molecular flexibility index (Phi) is 4.02. The molecule has 0 radical (unpaired) electrons. The van der Waals surface area contributed by atoms with Gasteiger partial charge in [-0.2, -0.15) is 10.1 Å². The molecule has 3 heterocycles. The van der Waals surface area contributed by atoms with Gasteiger partial charge in [-0.15, -0.1) is 5.10 Å². The maximum Gasteiger partial charge on any atom is 0.245 e. The molecule has 1 aromatic carbocycles. The summed E-state index contributed by atoms with van der Waals surface area (Å²) in [6.07, 6.45) is 5.71. The van der Waals surface area contributed by atoms with E-state index in [1.54, 1.807) is 12.4 Å². The molecule has 0 spiro atoms. The van der Waals surface area contributed by atoms with Crippen LogP contribution in [-0.2, 0) is 13.0 Å².